The lowest BCUT2D eigenvalue weighted by Gasteiger charge is -2.24. The van der Waals surface area contributed by atoms with Gasteiger partial charge >= 0.3 is 0 Å². The van der Waals surface area contributed by atoms with Crippen LogP contribution in [0.4, 0.5) is 0 Å². The summed E-state index contributed by atoms with van der Waals surface area (Å²) in [6, 6.07) is 50.4. The number of fused-ring (bicyclic) bond motifs is 1. The van der Waals surface area contributed by atoms with Crippen molar-refractivity contribution in [1.82, 2.24) is 0 Å². The lowest BCUT2D eigenvalue weighted by atomic mass is 9.78. The molecule has 0 spiro atoms. The van der Waals surface area contributed by atoms with Gasteiger partial charge in [-0.1, -0.05) is 152 Å². The monoisotopic (exact) mass is 642 g/mol. The van der Waals surface area contributed by atoms with E-state index in [0.717, 1.165) is 72.0 Å². The molecular formula is C46H34N4. The third kappa shape index (κ3) is 6.69. The van der Waals surface area contributed by atoms with E-state index in [2.05, 4.69) is 122 Å². The highest BCUT2D eigenvalue weighted by Crippen LogP contribution is 2.50. The molecule has 0 aliphatic rings. The van der Waals surface area contributed by atoms with Crippen LogP contribution in [-0.4, -0.2) is 6.21 Å². The van der Waals surface area contributed by atoms with E-state index in [1.54, 1.807) is 12.3 Å². The number of nitrogens with one attached hydrogen (secondary N) is 1. The maximum absolute atomic E-state index is 9.28. The van der Waals surface area contributed by atoms with Gasteiger partial charge in [0, 0.05) is 23.6 Å². The molecule has 0 heterocycles. The van der Waals surface area contributed by atoms with Gasteiger partial charge < -0.3 is 11.1 Å². The van der Waals surface area contributed by atoms with Gasteiger partial charge in [0.25, 0.3) is 0 Å². The Morgan fingerprint density at radius 1 is 0.600 bits per heavy atom. The Kier molecular flexibility index (Phi) is 10.0. The van der Waals surface area contributed by atoms with Gasteiger partial charge in [0.2, 0.25) is 0 Å². The van der Waals surface area contributed by atoms with Gasteiger partial charge in [0.15, 0.2) is 0 Å². The Hall–Kier alpha value is -7.01. The molecule has 0 unspecified atom stereocenters. The second-order valence-corrected chi connectivity index (χ2v) is 11.7. The van der Waals surface area contributed by atoms with Crippen LogP contribution in [0.2, 0.25) is 0 Å². The van der Waals surface area contributed by atoms with E-state index in [4.69, 9.17) is 16.4 Å². The van der Waals surface area contributed by atoms with Crippen molar-refractivity contribution in [1.29, 1.82) is 15.9 Å². The molecule has 6 aromatic carbocycles. The molecule has 6 rings (SSSR count). The molecular weight excluding hydrogens is 609 g/mol. The third-order valence-corrected chi connectivity index (χ3v) is 8.67. The first-order valence-electron chi connectivity index (χ1n) is 16.3. The highest BCUT2D eigenvalue weighted by Gasteiger charge is 2.24. The number of hydrogen-bond acceptors (Lipinski definition) is 4. The van der Waals surface area contributed by atoms with Gasteiger partial charge in [-0.3, -0.25) is 0 Å². The third-order valence-electron chi connectivity index (χ3n) is 8.67. The summed E-state index contributed by atoms with van der Waals surface area (Å²) in [6.07, 6.45) is 8.48. The highest BCUT2D eigenvalue weighted by molar-refractivity contribution is 6.18. The normalized spacial score (nSPS) is 11.6. The molecule has 0 amide bonds. The first-order chi connectivity index (χ1) is 24.6. The summed E-state index contributed by atoms with van der Waals surface area (Å²) in [6.45, 7) is 3.77. The van der Waals surface area contributed by atoms with Crippen LogP contribution in [0.3, 0.4) is 0 Å². The molecule has 4 nitrogen and oxygen atoms in total. The SMILES string of the molecule is C=C(C#N)/C=C(\C=N)c1ccc(-c2c(-c3ccccc3)c(-c3ccccc3)c(-c3ccc(C(/C=C\CC#N)=C/N)cc3)c3ccccc23)cc1. The molecule has 50 heavy (non-hydrogen) atoms. The minimum atomic E-state index is 0.298. The van der Waals surface area contributed by atoms with Gasteiger partial charge in [-0.2, -0.15) is 10.5 Å². The van der Waals surface area contributed by atoms with E-state index in [9.17, 15) is 5.26 Å². The average molecular weight is 643 g/mol. The molecule has 6 aromatic rings. The Bertz CT molecular complexity index is 2370. The van der Waals surface area contributed by atoms with Crippen LogP contribution in [0.5, 0.6) is 0 Å². The fourth-order valence-corrected chi connectivity index (χ4v) is 6.40. The Labute approximate surface area is 293 Å². The molecule has 0 bridgehead atoms. The minimum absolute atomic E-state index is 0.298. The number of rotatable bonds is 10. The zero-order valence-electron chi connectivity index (χ0n) is 27.5. The van der Waals surface area contributed by atoms with Crippen molar-refractivity contribution in [2.75, 3.05) is 0 Å². The number of nitriles is 2. The van der Waals surface area contributed by atoms with Crippen LogP contribution in [0, 0.1) is 28.1 Å². The predicted octanol–water partition coefficient (Wildman–Crippen LogP) is 11.4. The summed E-state index contributed by atoms with van der Waals surface area (Å²) in [7, 11) is 0. The molecule has 3 N–H and O–H groups in total. The molecule has 0 aromatic heterocycles. The summed E-state index contributed by atoms with van der Waals surface area (Å²) < 4.78 is 0. The summed E-state index contributed by atoms with van der Waals surface area (Å²) >= 11 is 0. The van der Waals surface area contributed by atoms with Gasteiger partial charge in [0.05, 0.1) is 18.6 Å². The first-order valence-corrected chi connectivity index (χ1v) is 16.3. The number of allylic oxidation sites excluding steroid dienone is 6. The minimum Gasteiger partial charge on any atom is -0.404 e. The van der Waals surface area contributed by atoms with E-state index in [-0.39, 0.29) is 0 Å². The lowest BCUT2D eigenvalue weighted by molar-refractivity contribution is 1.35. The van der Waals surface area contributed by atoms with Gasteiger partial charge in [-0.05, 0) is 78.1 Å². The molecule has 0 fully saturated rings. The number of benzene rings is 6. The zero-order chi connectivity index (χ0) is 34.9. The van der Waals surface area contributed by atoms with Crippen LogP contribution in [0.25, 0.3) is 66.4 Å². The predicted molar refractivity (Wildman–Crippen MR) is 209 cm³/mol. The second kappa shape index (κ2) is 15.3. The van der Waals surface area contributed by atoms with Gasteiger partial charge in [-0.25, -0.2) is 0 Å². The quantitative estimate of drug-likeness (QED) is 0.0883. The maximum Gasteiger partial charge on any atom is 0.0985 e. The topological polar surface area (TPSA) is 97.5 Å². The van der Waals surface area contributed by atoms with Gasteiger partial charge in [0.1, 0.15) is 0 Å². The van der Waals surface area contributed by atoms with Crippen LogP contribution >= 0.6 is 0 Å². The second-order valence-electron chi connectivity index (χ2n) is 11.7. The van der Waals surface area contributed by atoms with Crippen molar-refractivity contribution >= 4 is 28.1 Å². The summed E-state index contributed by atoms with van der Waals surface area (Å²) in [5.41, 5.74) is 18.3. The van der Waals surface area contributed by atoms with Crippen molar-refractivity contribution in [2.24, 2.45) is 5.73 Å². The summed E-state index contributed by atoms with van der Waals surface area (Å²) in [5, 5.41) is 28.5. The zero-order valence-corrected chi connectivity index (χ0v) is 27.5. The van der Waals surface area contributed by atoms with Crippen molar-refractivity contribution in [3.05, 3.63) is 181 Å². The van der Waals surface area contributed by atoms with E-state index < -0.39 is 0 Å². The Balaban J connectivity index is 1.67. The lowest BCUT2D eigenvalue weighted by Crippen LogP contribution is -1.98. The molecule has 0 radical (unpaired) electrons. The largest absolute Gasteiger partial charge is 0.404 e. The first kappa shape index (κ1) is 32.9. The van der Waals surface area contributed by atoms with E-state index in [1.807, 2.05) is 42.5 Å². The van der Waals surface area contributed by atoms with E-state index in [0.29, 0.717) is 17.6 Å². The highest BCUT2D eigenvalue weighted by atomic mass is 14.5. The summed E-state index contributed by atoms with van der Waals surface area (Å²) in [4.78, 5) is 0. The smallest absolute Gasteiger partial charge is 0.0985 e. The molecule has 0 saturated heterocycles. The molecule has 0 aliphatic carbocycles. The van der Waals surface area contributed by atoms with E-state index >= 15 is 0 Å². The van der Waals surface area contributed by atoms with Crippen LogP contribution < -0.4 is 5.73 Å². The number of nitrogens with two attached hydrogens (primary N) is 1. The van der Waals surface area contributed by atoms with Crippen molar-refractivity contribution in [3.63, 3.8) is 0 Å². The van der Waals surface area contributed by atoms with Crippen LogP contribution in [-0.2, 0) is 0 Å². The average Bonchev–Trinajstić information content (AvgIpc) is 3.18. The number of nitrogens with zero attached hydrogens (tertiary/aromatic N) is 2. The number of hydrogen-bond donors (Lipinski definition) is 2. The van der Waals surface area contributed by atoms with E-state index in [1.165, 1.54) is 6.21 Å². The van der Waals surface area contributed by atoms with Gasteiger partial charge in [-0.15, -0.1) is 0 Å². The Morgan fingerprint density at radius 3 is 1.46 bits per heavy atom. The van der Waals surface area contributed by atoms with Crippen molar-refractivity contribution in [2.45, 2.75) is 6.42 Å². The fraction of sp³-hybridized carbons (Fsp3) is 0.0217. The molecule has 0 aliphatic heterocycles. The molecule has 4 heteroatoms. The van der Waals surface area contributed by atoms with Crippen LogP contribution in [0.1, 0.15) is 17.5 Å². The molecule has 0 atom stereocenters. The van der Waals surface area contributed by atoms with Crippen LogP contribution in [0.15, 0.2) is 170 Å². The molecule has 238 valence electrons. The standard InChI is InChI=1S/C46H34N4/c1-32(29-48)28-40(31-50)34-21-25-38(26-22-34)44-42-18-9-8-17-41(42)43(37-23-19-33(20-24-37)39(30-49)16-10-11-27-47)45(35-12-4-2-5-13-35)46(44)36-14-6-3-7-15-36/h2-10,12-26,28,30-31,50H,1,11,49H2/b16-10-,39-30+,40-28+,50-31?. The summed E-state index contributed by atoms with van der Waals surface area (Å²) in [5.74, 6) is 0. The maximum atomic E-state index is 9.28. The fourth-order valence-electron chi connectivity index (χ4n) is 6.40. The Morgan fingerprint density at radius 2 is 1.04 bits per heavy atom. The molecule has 0 saturated carbocycles. The van der Waals surface area contributed by atoms with Crippen molar-refractivity contribution in [3.8, 4) is 56.6 Å². The van der Waals surface area contributed by atoms with Crippen molar-refractivity contribution < 1.29 is 0 Å².